The summed E-state index contributed by atoms with van der Waals surface area (Å²) in [6, 6.07) is 8.23. The summed E-state index contributed by atoms with van der Waals surface area (Å²) >= 11 is 0. The number of carbonyl (C=O) groups is 1. The van der Waals surface area contributed by atoms with Gasteiger partial charge in [0.2, 0.25) is 5.91 Å². The van der Waals surface area contributed by atoms with Gasteiger partial charge >= 0.3 is 0 Å². The second-order valence-electron chi connectivity index (χ2n) is 8.60. The molecule has 1 aromatic rings. The first-order chi connectivity index (χ1) is 11.3. The van der Waals surface area contributed by atoms with Crippen LogP contribution >= 0.6 is 0 Å². The van der Waals surface area contributed by atoms with Crippen LogP contribution in [0.1, 0.15) is 65.4 Å². The number of hydrogen-bond acceptors (Lipinski definition) is 2. The molecule has 3 unspecified atom stereocenters. The molecule has 3 heteroatoms. The SMILES string of the molecule is CCCCc1ccc(NC(=O)C23CCC(C)(C(O)C2)C3(C)C)cc1. The maximum absolute atomic E-state index is 13.1. The number of anilines is 1. The van der Waals surface area contributed by atoms with Gasteiger partial charge < -0.3 is 10.4 Å². The lowest BCUT2D eigenvalue weighted by atomic mass is 9.64. The van der Waals surface area contributed by atoms with Crippen LogP contribution in [0, 0.1) is 16.2 Å². The molecule has 2 fully saturated rings. The van der Waals surface area contributed by atoms with Gasteiger partial charge in [0, 0.05) is 5.69 Å². The number of nitrogens with one attached hydrogen (secondary N) is 1. The highest BCUT2D eigenvalue weighted by Crippen LogP contribution is 2.72. The van der Waals surface area contributed by atoms with Gasteiger partial charge in [0.25, 0.3) is 0 Å². The third-order valence-electron chi connectivity index (χ3n) is 7.44. The summed E-state index contributed by atoms with van der Waals surface area (Å²) in [4.78, 5) is 13.1. The maximum atomic E-state index is 13.1. The molecule has 1 amide bonds. The van der Waals surface area contributed by atoms with E-state index in [1.807, 2.05) is 12.1 Å². The van der Waals surface area contributed by atoms with Crippen molar-refractivity contribution >= 4 is 11.6 Å². The molecule has 0 spiro atoms. The lowest BCUT2D eigenvalue weighted by molar-refractivity contribution is -0.130. The number of aliphatic hydroxyl groups is 1. The van der Waals surface area contributed by atoms with Gasteiger partial charge in [-0.3, -0.25) is 4.79 Å². The Labute approximate surface area is 145 Å². The predicted octanol–water partition coefficient (Wildman–Crippen LogP) is 4.55. The van der Waals surface area contributed by atoms with Crippen molar-refractivity contribution in [3.8, 4) is 0 Å². The Hall–Kier alpha value is -1.35. The van der Waals surface area contributed by atoms with Gasteiger partial charge in [-0.2, -0.15) is 0 Å². The fourth-order valence-corrected chi connectivity index (χ4v) is 5.02. The van der Waals surface area contributed by atoms with Crippen molar-refractivity contribution in [2.24, 2.45) is 16.2 Å². The van der Waals surface area contributed by atoms with Crippen LogP contribution in [0.25, 0.3) is 0 Å². The summed E-state index contributed by atoms with van der Waals surface area (Å²) in [6.45, 7) is 8.65. The van der Waals surface area contributed by atoms with E-state index in [0.717, 1.165) is 24.9 Å². The Bertz CT molecular complexity index is 621. The van der Waals surface area contributed by atoms with Crippen LogP contribution in [-0.2, 0) is 11.2 Å². The van der Waals surface area contributed by atoms with E-state index in [-0.39, 0.29) is 22.8 Å². The van der Waals surface area contributed by atoms with Gasteiger partial charge in [-0.1, -0.05) is 46.2 Å². The van der Waals surface area contributed by atoms with E-state index in [9.17, 15) is 9.90 Å². The summed E-state index contributed by atoms with van der Waals surface area (Å²) in [5.74, 6) is 0.0779. The molecular formula is C21H31NO2. The molecule has 24 heavy (non-hydrogen) atoms. The van der Waals surface area contributed by atoms with E-state index < -0.39 is 5.41 Å². The zero-order valence-corrected chi connectivity index (χ0v) is 15.5. The average Bonchev–Trinajstić information content (AvgIpc) is 2.84. The number of unbranched alkanes of at least 4 members (excludes halogenated alkanes) is 1. The number of fused-ring (bicyclic) bond motifs is 2. The molecule has 0 aliphatic heterocycles. The van der Waals surface area contributed by atoms with E-state index in [4.69, 9.17) is 0 Å². The molecule has 2 aliphatic carbocycles. The molecule has 3 rings (SSSR count). The topological polar surface area (TPSA) is 49.3 Å². The Morgan fingerprint density at radius 1 is 1.21 bits per heavy atom. The first kappa shape index (κ1) is 17.5. The Balaban J connectivity index is 1.76. The van der Waals surface area contributed by atoms with Crippen LogP contribution < -0.4 is 5.32 Å². The molecule has 0 radical (unpaired) electrons. The largest absolute Gasteiger partial charge is 0.393 e. The van der Waals surface area contributed by atoms with E-state index in [1.54, 1.807) is 0 Å². The predicted molar refractivity (Wildman–Crippen MR) is 97.9 cm³/mol. The minimum absolute atomic E-state index is 0.0779. The number of benzene rings is 1. The molecule has 2 saturated carbocycles. The van der Waals surface area contributed by atoms with Gasteiger partial charge in [0.1, 0.15) is 0 Å². The quantitative estimate of drug-likeness (QED) is 0.833. The van der Waals surface area contributed by atoms with Crippen LogP contribution in [0.3, 0.4) is 0 Å². The van der Waals surface area contributed by atoms with Crippen LogP contribution in [0.4, 0.5) is 5.69 Å². The van der Waals surface area contributed by atoms with Gasteiger partial charge in [0.15, 0.2) is 0 Å². The standard InChI is InChI=1S/C21H31NO2/c1-5-6-7-15-8-10-16(11-9-15)22-18(24)21-13-12-20(4,17(23)14-21)19(21,2)3/h8-11,17,23H,5-7,12-14H2,1-4H3,(H,22,24). The Morgan fingerprint density at radius 3 is 2.38 bits per heavy atom. The van der Waals surface area contributed by atoms with Crippen LogP contribution in [0.5, 0.6) is 0 Å². The van der Waals surface area contributed by atoms with Crippen molar-refractivity contribution in [3.05, 3.63) is 29.8 Å². The van der Waals surface area contributed by atoms with Crippen LogP contribution in [0.15, 0.2) is 24.3 Å². The highest BCUT2D eigenvalue weighted by molar-refractivity contribution is 5.96. The summed E-state index contributed by atoms with van der Waals surface area (Å²) in [5, 5.41) is 13.7. The van der Waals surface area contributed by atoms with Gasteiger partial charge in [-0.15, -0.1) is 0 Å². The second kappa shape index (κ2) is 5.87. The Kier molecular flexibility index (Phi) is 4.28. The van der Waals surface area contributed by atoms with E-state index in [1.165, 1.54) is 18.4 Å². The molecule has 132 valence electrons. The zero-order chi connectivity index (χ0) is 17.6. The number of amides is 1. The molecule has 2 bridgehead atoms. The van der Waals surface area contributed by atoms with Crippen molar-refractivity contribution in [2.45, 2.75) is 72.3 Å². The maximum Gasteiger partial charge on any atom is 0.231 e. The lowest BCUT2D eigenvalue weighted by Gasteiger charge is -2.40. The molecular weight excluding hydrogens is 298 g/mol. The first-order valence-corrected chi connectivity index (χ1v) is 9.35. The van der Waals surface area contributed by atoms with Crippen molar-refractivity contribution in [3.63, 3.8) is 0 Å². The lowest BCUT2D eigenvalue weighted by Crippen LogP contribution is -2.43. The van der Waals surface area contributed by atoms with E-state index >= 15 is 0 Å². The molecule has 3 atom stereocenters. The molecule has 2 aliphatic rings. The smallest absolute Gasteiger partial charge is 0.231 e. The van der Waals surface area contributed by atoms with Crippen molar-refractivity contribution in [2.75, 3.05) is 5.32 Å². The second-order valence-corrected chi connectivity index (χ2v) is 8.60. The molecule has 2 N–H and O–H groups in total. The van der Waals surface area contributed by atoms with E-state index in [0.29, 0.717) is 6.42 Å². The number of aryl methyl sites for hydroxylation is 1. The third kappa shape index (κ3) is 2.32. The molecule has 0 saturated heterocycles. The van der Waals surface area contributed by atoms with Crippen molar-refractivity contribution in [1.82, 2.24) is 0 Å². The molecule has 1 aromatic carbocycles. The monoisotopic (exact) mass is 329 g/mol. The average molecular weight is 329 g/mol. The fraction of sp³-hybridized carbons (Fsp3) is 0.667. The van der Waals surface area contributed by atoms with Crippen molar-refractivity contribution < 1.29 is 9.90 Å². The number of hydrogen-bond donors (Lipinski definition) is 2. The molecule has 0 heterocycles. The van der Waals surface area contributed by atoms with Crippen LogP contribution in [0.2, 0.25) is 0 Å². The van der Waals surface area contributed by atoms with Gasteiger partial charge in [0.05, 0.1) is 11.5 Å². The van der Waals surface area contributed by atoms with E-state index in [2.05, 4.69) is 45.1 Å². The van der Waals surface area contributed by atoms with Gasteiger partial charge in [-0.05, 0) is 60.6 Å². The van der Waals surface area contributed by atoms with Crippen LogP contribution in [-0.4, -0.2) is 17.1 Å². The summed E-state index contributed by atoms with van der Waals surface area (Å²) in [6.07, 6.45) is 5.46. The normalized spacial score (nSPS) is 33.6. The number of aliphatic hydroxyl groups excluding tert-OH is 1. The third-order valence-corrected chi connectivity index (χ3v) is 7.44. The zero-order valence-electron chi connectivity index (χ0n) is 15.5. The van der Waals surface area contributed by atoms with Crippen molar-refractivity contribution in [1.29, 1.82) is 0 Å². The molecule has 3 nitrogen and oxygen atoms in total. The van der Waals surface area contributed by atoms with Gasteiger partial charge in [-0.25, -0.2) is 0 Å². The molecule has 0 aromatic heterocycles. The summed E-state index contributed by atoms with van der Waals surface area (Å²) < 4.78 is 0. The summed E-state index contributed by atoms with van der Waals surface area (Å²) in [5.41, 5.74) is 1.37. The number of rotatable bonds is 5. The summed E-state index contributed by atoms with van der Waals surface area (Å²) in [7, 11) is 0. The minimum atomic E-state index is -0.456. The highest BCUT2D eigenvalue weighted by atomic mass is 16.3. The minimum Gasteiger partial charge on any atom is -0.393 e. The highest BCUT2D eigenvalue weighted by Gasteiger charge is 2.72. The first-order valence-electron chi connectivity index (χ1n) is 9.35. The Morgan fingerprint density at radius 2 is 1.88 bits per heavy atom. The number of carbonyl (C=O) groups excluding carboxylic acids is 1. The fourth-order valence-electron chi connectivity index (χ4n) is 5.02.